The minimum atomic E-state index is -0.144. The van der Waals surface area contributed by atoms with Gasteiger partial charge in [-0.1, -0.05) is 39.3 Å². The van der Waals surface area contributed by atoms with Crippen molar-refractivity contribution in [2.24, 2.45) is 39.9 Å². The van der Waals surface area contributed by atoms with E-state index >= 15 is 0 Å². The third-order valence-corrected chi connectivity index (χ3v) is 9.17. The predicted molar refractivity (Wildman–Crippen MR) is 101 cm³/mol. The highest BCUT2D eigenvalue weighted by atomic mass is 16.3. The highest BCUT2D eigenvalue weighted by Crippen LogP contribution is 2.69. The second kappa shape index (κ2) is 5.44. The topological polar surface area (TPSA) is 37.3 Å². The summed E-state index contributed by atoms with van der Waals surface area (Å²) in [6, 6.07) is 0. The molecule has 0 aromatic carbocycles. The SMILES string of the molecule is CC(=O)C1CCC2C3C(CCC12C)C1(C)CCC(O)CC1=CC3(C)C. The quantitative estimate of drug-likeness (QED) is 0.668. The Hall–Kier alpha value is -0.630. The lowest BCUT2D eigenvalue weighted by Gasteiger charge is -2.62. The Bertz CT molecular complexity index is 618. The lowest BCUT2D eigenvalue weighted by atomic mass is 9.42. The standard InChI is InChI=1S/C23H36O2/c1-14(24)17-6-7-18-20-19(9-11-23(17,18)5)22(4)10-8-16(25)12-15(22)13-21(20,2)3/h13,16-20,25H,6-12H2,1-5H3. The summed E-state index contributed by atoms with van der Waals surface area (Å²) in [6.07, 6.45) is 10.2. The fourth-order valence-corrected chi connectivity index (χ4v) is 7.97. The minimum Gasteiger partial charge on any atom is -0.393 e. The van der Waals surface area contributed by atoms with Crippen LogP contribution in [0.1, 0.15) is 79.6 Å². The van der Waals surface area contributed by atoms with Gasteiger partial charge in [0.1, 0.15) is 5.78 Å². The molecule has 2 nitrogen and oxygen atoms in total. The van der Waals surface area contributed by atoms with Crippen molar-refractivity contribution in [3.8, 4) is 0 Å². The molecular weight excluding hydrogens is 308 g/mol. The zero-order valence-electron chi connectivity index (χ0n) is 16.8. The number of hydrogen-bond acceptors (Lipinski definition) is 2. The van der Waals surface area contributed by atoms with E-state index in [1.165, 1.54) is 24.8 Å². The van der Waals surface area contributed by atoms with Crippen molar-refractivity contribution in [2.75, 3.05) is 0 Å². The van der Waals surface area contributed by atoms with Crippen LogP contribution >= 0.6 is 0 Å². The van der Waals surface area contributed by atoms with Crippen molar-refractivity contribution in [3.63, 3.8) is 0 Å². The molecule has 3 fully saturated rings. The Morgan fingerprint density at radius 1 is 1.04 bits per heavy atom. The summed E-state index contributed by atoms with van der Waals surface area (Å²) in [5.41, 5.74) is 2.19. The summed E-state index contributed by atoms with van der Waals surface area (Å²) in [5.74, 6) is 2.77. The first-order chi connectivity index (χ1) is 11.6. The van der Waals surface area contributed by atoms with Crippen LogP contribution in [0.25, 0.3) is 0 Å². The van der Waals surface area contributed by atoms with Gasteiger partial charge in [-0.15, -0.1) is 0 Å². The van der Waals surface area contributed by atoms with Crippen LogP contribution in [0.2, 0.25) is 0 Å². The summed E-state index contributed by atoms with van der Waals surface area (Å²) in [5, 5.41) is 10.2. The molecule has 1 N–H and O–H groups in total. The van der Waals surface area contributed by atoms with Crippen LogP contribution in [0.4, 0.5) is 0 Å². The number of aliphatic hydroxyl groups is 1. The number of rotatable bonds is 1. The molecule has 0 saturated heterocycles. The molecule has 25 heavy (non-hydrogen) atoms. The van der Waals surface area contributed by atoms with E-state index in [0.29, 0.717) is 17.6 Å². The maximum Gasteiger partial charge on any atom is 0.133 e. The number of allylic oxidation sites excluding steroid dienone is 1. The lowest BCUT2D eigenvalue weighted by Crippen LogP contribution is -2.55. The number of hydrogen-bond donors (Lipinski definition) is 1. The summed E-state index contributed by atoms with van der Waals surface area (Å²) in [4.78, 5) is 12.3. The average Bonchev–Trinajstić information content (AvgIpc) is 2.86. The minimum absolute atomic E-state index is 0.144. The molecule has 0 heterocycles. The molecule has 0 aliphatic heterocycles. The summed E-state index contributed by atoms with van der Waals surface area (Å²) in [7, 11) is 0. The molecule has 7 unspecified atom stereocenters. The van der Waals surface area contributed by atoms with E-state index in [1.807, 2.05) is 6.92 Å². The first-order valence-electron chi connectivity index (χ1n) is 10.5. The molecule has 4 aliphatic carbocycles. The predicted octanol–water partition coefficient (Wildman–Crippen LogP) is 5.15. The molecule has 0 aromatic heterocycles. The number of fused-ring (bicyclic) bond motifs is 5. The molecule has 0 amide bonds. The molecule has 3 saturated carbocycles. The number of Topliss-reactive ketones (excluding diaryl/α,β-unsaturated/α-hetero) is 1. The van der Waals surface area contributed by atoms with Crippen molar-refractivity contribution >= 4 is 5.78 Å². The van der Waals surface area contributed by atoms with E-state index in [2.05, 4.69) is 33.8 Å². The molecule has 0 bridgehead atoms. The van der Waals surface area contributed by atoms with E-state index in [4.69, 9.17) is 0 Å². The third kappa shape index (κ3) is 2.35. The second-order valence-electron chi connectivity index (χ2n) is 10.8. The van der Waals surface area contributed by atoms with Gasteiger partial charge in [-0.2, -0.15) is 0 Å². The van der Waals surface area contributed by atoms with E-state index in [9.17, 15) is 9.90 Å². The Kier molecular flexibility index (Phi) is 3.87. The molecule has 7 atom stereocenters. The van der Waals surface area contributed by atoms with E-state index in [0.717, 1.165) is 31.6 Å². The largest absolute Gasteiger partial charge is 0.393 e. The molecule has 0 spiro atoms. The lowest BCUT2D eigenvalue weighted by molar-refractivity contribution is -0.130. The molecule has 0 aromatic rings. The zero-order valence-corrected chi connectivity index (χ0v) is 16.8. The van der Waals surface area contributed by atoms with Crippen LogP contribution in [0.15, 0.2) is 11.6 Å². The highest BCUT2D eigenvalue weighted by Gasteiger charge is 2.62. The first-order valence-corrected chi connectivity index (χ1v) is 10.5. The van der Waals surface area contributed by atoms with Gasteiger partial charge in [-0.3, -0.25) is 4.79 Å². The van der Waals surface area contributed by atoms with E-state index in [1.54, 1.807) is 0 Å². The summed E-state index contributed by atoms with van der Waals surface area (Å²) < 4.78 is 0. The zero-order chi connectivity index (χ0) is 18.2. The Morgan fingerprint density at radius 2 is 1.76 bits per heavy atom. The fraction of sp³-hybridized carbons (Fsp3) is 0.870. The third-order valence-electron chi connectivity index (χ3n) is 9.17. The molecule has 4 aliphatic rings. The van der Waals surface area contributed by atoms with Crippen LogP contribution in [0.5, 0.6) is 0 Å². The van der Waals surface area contributed by atoms with Gasteiger partial charge in [-0.05, 0) is 85.9 Å². The van der Waals surface area contributed by atoms with Gasteiger partial charge in [0.2, 0.25) is 0 Å². The Labute approximate surface area is 153 Å². The van der Waals surface area contributed by atoms with Crippen LogP contribution in [-0.2, 0) is 4.79 Å². The maximum absolute atomic E-state index is 12.3. The van der Waals surface area contributed by atoms with Crippen LogP contribution < -0.4 is 0 Å². The van der Waals surface area contributed by atoms with Crippen LogP contribution in [0, 0.1) is 39.9 Å². The van der Waals surface area contributed by atoms with Crippen molar-refractivity contribution < 1.29 is 9.90 Å². The van der Waals surface area contributed by atoms with Crippen molar-refractivity contribution in [3.05, 3.63) is 11.6 Å². The molecule has 140 valence electrons. The second-order valence-corrected chi connectivity index (χ2v) is 10.8. The maximum atomic E-state index is 12.3. The molecule has 4 rings (SSSR count). The van der Waals surface area contributed by atoms with Crippen molar-refractivity contribution in [1.82, 2.24) is 0 Å². The van der Waals surface area contributed by atoms with Crippen molar-refractivity contribution in [1.29, 1.82) is 0 Å². The number of carbonyl (C=O) groups excluding carboxylic acids is 1. The van der Waals surface area contributed by atoms with E-state index in [-0.39, 0.29) is 28.3 Å². The van der Waals surface area contributed by atoms with Gasteiger partial charge in [0.15, 0.2) is 0 Å². The first kappa shape index (κ1) is 17.8. The number of aliphatic hydroxyl groups excluding tert-OH is 1. The van der Waals surface area contributed by atoms with Crippen molar-refractivity contribution in [2.45, 2.75) is 85.7 Å². The van der Waals surface area contributed by atoms with Gasteiger partial charge in [0, 0.05) is 5.92 Å². The number of carbonyl (C=O) groups is 1. The monoisotopic (exact) mass is 344 g/mol. The molecule has 2 heteroatoms. The molecular formula is C23H36O2. The summed E-state index contributed by atoms with van der Waals surface area (Å²) in [6.45, 7) is 11.6. The van der Waals surface area contributed by atoms with Gasteiger partial charge < -0.3 is 5.11 Å². The van der Waals surface area contributed by atoms with Crippen LogP contribution in [-0.4, -0.2) is 17.0 Å². The normalized spacial score (nSPS) is 51.1. The smallest absolute Gasteiger partial charge is 0.133 e. The molecule has 0 radical (unpaired) electrons. The Balaban J connectivity index is 1.77. The number of ketones is 1. The van der Waals surface area contributed by atoms with Crippen LogP contribution in [0.3, 0.4) is 0 Å². The summed E-state index contributed by atoms with van der Waals surface area (Å²) >= 11 is 0. The highest BCUT2D eigenvalue weighted by molar-refractivity contribution is 5.79. The fourth-order valence-electron chi connectivity index (χ4n) is 7.97. The van der Waals surface area contributed by atoms with Gasteiger partial charge in [0.25, 0.3) is 0 Å². The van der Waals surface area contributed by atoms with Gasteiger partial charge in [0.05, 0.1) is 6.10 Å². The van der Waals surface area contributed by atoms with E-state index < -0.39 is 0 Å². The average molecular weight is 345 g/mol. The van der Waals surface area contributed by atoms with Gasteiger partial charge in [-0.25, -0.2) is 0 Å². The van der Waals surface area contributed by atoms with Gasteiger partial charge >= 0.3 is 0 Å². The Morgan fingerprint density at radius 3 is 2.44 bits per heavy atom.